The molecule has 0 aromatic heterocycles. The minimum Gasteiger partial charge on any atom is -0.467 e. The Hall–Kier alpha value is -0.770. The molecule has 0 spiro atoms. The van der Waals surface area contributed by atoms with Crippen molar-refractivity contribution in [2.45, 2.75) is 26.3 Å². The van der Waals surface area contributed by atoms with Gasteiger partial charge in [0.1, 0.15) is 5.54 Å². The molecule has 0 amide bonds. The molecular weight excluding hydrogens is 285 g/mol. The van der Waals surface area contributed by atoms with Gasteiger partial charge in [0.05, 0.1) is 17.2 Å². The Kier molecular flexibility index (Phi) is 5.65. The number of carbonyl (C=O) groups is 1. The van der Waals surface area contributed by atoms with Crippen molar-refractivity contribution in [1.82, 2.24) is 5.32 Å². The first-order chi connectivity index (χ1) is 8.82. The number of hydrogen-bond acceptors (Lipinski definition) is 3. The maximum absolute atomic E-state index is 12.1. The summed E-state index contributed by atoms with van der Waals surface area (Å²) in [6.45, 7) is 6.53. The largest absolute Gasteiger partial charge is 0.467 e. The lowest BCUT2D eigenvalue weighted by molar-refractivity contribution is -0.148. The zero-order valence-corrected chi connectivity index (χ0v) is 13.1. The molecule has 1 aromatic rings. The topological polar surface area (TPSA) is 38.3 Å². The van der Waals surface area contributed by atoms with Crippen LogP contribution in [0, 0.1) is 5.92 Å². The maximum atomic E-state index is 12.1. The molecule has 1 aromatic carbocycles. The zero-order valence-electron chi connectivity index (χ0n) is 11.6. The molecule has 5 heteroatoms. The predicted octanol–water partition coefficient (Wildman–Crippen LogP) is 3.63. The lowest BCUT2D eigenvalue weighted by Gasteiger charge is -2.30. The van der Waals surface area contributed by atoms with Crippen LogP contribution >= 0.6 is 23.2 Å². The second-order valence-electron chi connectivity index (χ2n) is 4.99. The van der Waals surface area contributed by atoms with Gasteiger partial charge in [-0.05, 0) is 25.5 Å². The van der Waals surface area contributed by atoms with Gasteiger partial charge in [-0.1, -0.05) is 49.2 Å². The highest BCUT2D eigenvalue weighted by molar-refractivity contribution is 6.42. The van der Waals surface area contributed by atoms with Crippen molar-refractivity contribution in [2.75, 3.05) is 13.7 Å². The van der Waals surface area contributed by atoms with E-state index in [2.05, 4.69) is 19.2 Å². The molecule has 1 unspecified atom stereocenters. The molecule has 0 bridgehead atoms. The summed E-state index contributed by atoms with van der Waals surface area (Å²) in [4.78, 5) is 12.1. The molecule has 1 N–H and O–H groups in total. The molecule has 0 radical (unpaired) electrons. The molecule has 0 aliphatic rings. The first-order valence-corrected chi connectivity index (χ1v) is 6.86. The number of esters is 1. The van der Waals surface area contributed by atoms with Crippen molar-refractivity contribution in [3.05, 3.63) is 33.8 Å². The summed E-state index contributed by atoms with van der Waals surface area (Å²) < 4.78 is 4.89. The van der Waals surface area contributed by atoms with E-state index in [0.717, 1.165) is 0 Å². The second-order valence-corrected chi connectivity index (χ2v) is 5.78. The van der Waals surface area contributed by atoms with Crippen molar-refractivity contribution in [1.29, 1.82) is 0 Å². The third-order valence-electron chi connectivity index (χ3n) is 2.95. The number of benzene rings is 1. The van der Waals surface area contributed by atoms with Crippen LogP contribution in [0.5, 0.6) is 0 Å². The van der Waals surface area contributed by atoms with Crippen molar-refractivity contribution in [3.8, 4) is 0 Å². The van der Waals surface area contributed by atoms with Gasteiger partial charge in [-0.25, -0.2) is 4.79 Å². The van der Waals surface area contributed by atoms with E-state index in [0.29, 0.717) is 28.1 Å². The van der Waals surface area contributed by atoms with Crippen LogP contribution in [0.15, 0.2) is 18.2 Å². The molecule has 19 heavy (non-hydrogen) atoms. The lowest BCUT2D eigenvalue weighted by Crippen LogP contribution is -2.48. The normalized spacial score (nSPS) is 14.3. The Balaban J connectivity index is 3.23. The number of halogens is 2. The van der Waals surface area contributed by atoms with Crippen molar-refractivity contribution < 1.29 is 9.53 Å². The summed E-state index contributed by atoms with van der Waals surface area (Å²) >= 11 is 12.2. The Morgan fingerprint density at radius 2 is 2.05 bits per heavy atom. The Bertz CT molecular complexity index is 463. The van der Waals surface area contributed by atoms with Gasteiger partial charge in [0, 0.05) is 5.56 Å². The lowest BCUT2D eigenvalue weighted by atomic mass is 9.91. The Morgan fingerprint density at radius 1 is 1.42 bits per heavy atom. The van der Waals surface area contributed by atoms with E-state index in [1.807, 2.05) is 0 Å². The van der Waals surface area contributed by atoms with Crippen LogP contribution in [0.1, 0.15) is 26.3 Å². The van der Waals surface area contributed by atoms with Gasteiger partial charge >= 0.3 is 5.97 Å². The fraction of sp³-hybridized carbons (Fsp3) is 0.500. The van der Waals surface area contributed by atoms with Gasteiger partial charge in [-0.2, -0.15) is 0 Å². The fourth-order valence-corrected chi connectivity index (χ4v) is 2.27. The van der Waals surface area contributed by atoms with Crippen LogP contribution in [-0.2, 0) is 15.1 Å². The highest BCUT2D eigenvalue weighted by atomic mass is 35.5. The summed E-state index contributed by atoms with van der Waals surface area (Å²) in [6, 6.07) is 5.23. The maximum Gasteiger partial charge on any atom is 0.330 e. The second kappa shape index (κ2) is 6.60. The van der Waals surface area contributed by atoms with Crippen LogP contribution in [-0.4, -0.2) is 19.6 Å². The molecule has 0 saturated carbocycles. The minimum atomic E-state index is -1.01. The van der Waals surface area contributed by atoms with Crippen LogP contribution in [0.3, 0.4) is 0 Å². The van der Waals surface area contributed by atoms with Gasteiger partial charge in [-0.3, -0.25) is 5.32 Å². The average molecular weight is 304 g/mol. The van der Waals surface area contributed by atoms with E-state index < -0.39 is 11.5 Å². The number of carbonyl (C=O) groups excluding carboxylic acids is 1. The third-order valence-corrected chi connectivity index (χ3v) is 3.77. The van der Waals surface area contributed by atoms with Gasteiger partial charge in [0.2, 0.25) is 0 Å². The number of hydrogen-bond donors (Lipinski definition) is 1. The number of methoxy groups -OCH3 is 1. The molecule has 1 rings (SSSR count). The number of rotatable bonds is 5. The summed E-state index contributed by atoms with van der Waals surface area (Å²) in [6.07, 6.45) is 0. The zero-order chi connectivity index (χ0) is 14.6. The van der Waals surface area contributed by atoms with Gasteiger partial charge < -0.3 is 4.74 Å². The van der Waals surface area contributed by atoms with Gasteiger partial charge in [0.15, 0.2) is 0 Å². The van der Waals surface area contributed by atoms with Crippen LogP contribution < -0.4 is 5.32 Å². The van der Waals surface area contributed by atoms with Gasteiger partial charge in [0.25, 0.3) is 0 Å². The van der Waals surface area contributed by atoms with Crippen LogP contribution in [0.4, 0.5) is 0 Å². The molecule has 3 nitrogen and oxygen atoms in total. The molecule has 106 valence electrons. The molecule has 0 fully saturated rings. The summed E-state index contributed by atoms with van der Waals surface area (Å²) in [5, 5.41) is 4.00. The monoisotopic (exact) mass is 303 g/mol. The molecule has 0 aliphatic heterocycles. The van der Waals surface area contributed by atoms with E-state index >= 15 is 0 Å². The number of nitrogens with one attached hydrogen (secondary N) is 1. The first-order valence-electron chi connectivity index (χ1n) is 6.10. The van der Waals surface area contributed by atoms with Crippen LogP contribution in [0.2, 0.25) is 10.0 Å². The molecule has 0 heterocycles. The van der Waals surface area contributed by atoms with E-state index in [1.54, 1.807) is 25.1 Å². The predicted molar refractivity (Wildman–Crippen MR) is 78.7 cm³/mol. The fourth-order valence-electron chi connectivity index (χ4n) is 1.78. The third kappa shape index (κ3) is 3.62. The molecule has 0 aliphatic carbocycles. The summed E-state index contributed by atoms with van der Waals surface area (Å²) in [5.41, 5.74) is -0.393. The van der Waals surface area contributed by atoms with Gasteiger partial charge in [-0.15, -0.1) is 0 Å². The smallest absolute Gasteiger partial charge is 0.330 e. The highest BCUT2D eigenvalue weighted by Crippen LogP contribution is 2.34. The van der Waals surface area contributed by atoms with E-state index in [9.17, 15) is 4.79 Å². The quantitative estimate of drug-likeness (QED) is 0.844. The van der Waals surface area contributed by atoms with Crippen LogP contribution in [0.25, 0.3) is 0 Å². The highest BCUT2D eigenvalue weighted by Gasteiger charge is 2.38. The van der Waals surface area contributed by atoms with Crippen molar-refractivity contribution in [3.63, 3.8) is 0 Å². The van der Waals surface area contributed by atoms with E-state index in [-0.39, 0.29) is 0 Å². The Morgan fingerprint density at radius 3 is 2.58 bits per heavy atom. The van der Waals surface area contributed by atoms with E-state index in [1.165, 1.54) is 7.11 Å². The summed E-state index contributed by atoms with van der Waals surface area (Å²) in [5.74, 6) is -0.000688. The van der Waals surface area contributed by atoms with Crippen molar-refractivity contribution >= 4 is 29.2 Å². The average Bonchev–Trinajstić information content (AvgIpc) is 2.38. The minimum absolute atomic E-state index is 0.369. The number of ether oxygens (including phenoxy) is 1. The summed E-state index contributed by atoms with van der Waals surface area (Å²) in [7, 11) is 1.36. The SMILES string of the molecule is COC(=O)C(C)(NCC(C)C)c1cccc(Cl)c1Cl. The van der Waals surface area contributed by atoms with E-state index in [4.69, 9.17) is 27.9 Å². The van der Waals surface area contributed by atoms with Crippen molar-refractivity contribution in [2.24, 2.45) is 5.92 Å². The standard InChI is InChI=1S/C14H19Cl2NO2/c1-9(2)8-17-14(3,13(18)19-4)10-6-5-7-11(15)12(10)16/h5-7,9,17H,8H2,1-4H3. The molecule has 1 atom stereocenters. The Labute approximate surface area is 124 Å². The molecule has 0 saturated heterocycles. The first kappa shape index (κ1) is 16.3. The molecular formula is C14H19Cl2NO2.